The highest BCUT2D eigenvalue weighted by atomic mass is 19.4. The maximum atomic E-state index is 12.1. The summed E-state index contributed by atoms with van der Waals surface area (Å²) in [4.78, 5) is 11.1. The number of rotatable bonds is 4. The van der Waals surface area contributed by atoms with Gasteiger partial charge in [-0.15, -0.1) is 13.2 Å². The van der Waals surface area contributed by atoms with Crippen LogP contribution in [0.15, 0.2) is 18.2 Å². The summed E-state index contributed by atoms with van der Waals surface area (Å²) < 4.78 is 67.8. The van der Waals surface area contributed by atoms with Gasteiger partial charge in [-0.05, 0) is 19.1 Å². The van der Waals surface area contributed by atoms with Gasteiger partial charge in [0.05, 0.1) is 5.56 Å². The van der Waals surface area contributed by atoms with Crippen molar-refractivity contribution in [3.05, 3.63) is 23.8 Å². The van der Waals surface area contributed by atoms with E-state index in [1.54, 1.807) is 0 Å². The molecule has 8 heteroatoms. The molecule has 3 nitrogen and oxygen atoms in total. The fraction of sp³-hybridized carbons (Fsp3) is 0.300. The normalized spacial score (nSPS) is 11.5. The number of halogens is 5. The highest BCUT2D eigenvalue weighted by Crippen LogP contribution is 2.36. The quantitative estimate of drug-likeness (QED) is 0.621. The molecule has 0 radical (unpaired) electrons. The van der Waals surface area contributed by atoms with Crippen molar-refractivity contribution in [2.24, 2.45) is 0 Å². The Bertz CT molecular complexity index is 442. The summed E-state index contributed by atoms with van der Waals surface area (Å²) in [5.74, 6) is -2.69. The van der Waals surface area contributed by atoms with Gasteiger partial charge in [-0.3, -0.25) is 4.79 Å². The zero-order chi connectivity index (χ0) is 13.9. The Morgan fingerprint density at radius 2 is 1.89 bits per heavy atom. The predicted octanol–water partition coefficient (Wildman–Crippen LogP) is 3.39. The lowest BCUT2D eigenvalue weighted by Gasteiger charge is -2.15. The summed E-state index contributed by atoms with van der Waals surface area (Å²) in [7, 11) is 0. The van der Waals surface area contributed by atoms with Gasteiger partial charge >= 0.3 is 13.0 Å². The van der Waals surface area contributed by atoms with Crippen LogP contribution in [0.1, 0.15) is 17.3 Å². The maximum absolute atomic E-state index is 12.1. The van der Waals surface area contributed by atoms with Gasteiger partial charge < -0.3 is 9.47 Å². The largest absolute Gasteiger partial charge is 0.573 e. The van der Waals surface area contributed by atoms with Crippen molar-refractivity contribution in [3.8, 4) is 11.5 Å². The zero-order valence-electron chi connectivity index (χ0n) is 8.92. The van der Waals surface area contributed by atoms with Gasteiger partial charge in [0, 0.05) is 0 Å². The van der Waals surface area contributed by atoms with Crippen LogP contribution >= 0.6 is 0 Å². The molecule has 0 aliphatic carbocycles. The summed E-state index contributed by atoms with van der Waals surface area (Å²) in [5, 5.41) is 0. The number of Topliss-reactive ketones (excluding diaryl/α,β-unsaturated/α-hetero) is 1. The zero-order valence-corrected chi connectivity index (χ0v) is 8.92. The lowest BCUT2D eigenvalue weighted by atomic mass is 10.1. The van der Waals surface area contributed by atoms with Crippen LogP contribution < -0.4 is 9.47 Å². The summed E-state index contributed by atoms with van der Waals surface area (Å²) in [6, 6.07) is 2.97. The van der Waals surface area contributed by atoms with Crippen LogP contribution in [-0.4, -0.2) is 18.8 Å². The summed E-state index contributed by atoms with van der Waals surface area (Å²) in [6.45, 7) is -2.35. The van der Waals surface area contributed by atoms with Crippen LogP contribution in [-0.2, 0) is 0 Å². The molecule has 0 bridgehead atoms. The predicted molar refractivity (Wildman–Crippen MR) is 49.8 cm³/mol. The third-order valence-electron chi connectivity index (χ3n) is 1.79. The lowest BCUT2D eigenvalue weighted by Crippen LogP contribution is -2.20. The van der Waals surface area contributed by atoms with Crippen LogP contribution in [0.3, 0.4) is 0 Å². The Labute approximate surface area is 98.1 Å². The second-order valence-corrected chi connectivity index (χ2v) is 3.12. The topological polar surface area (TPSA) is 35.5 Å². The van der Waals surface area contributed by atoms with Crippen molar-refractivity contribution >= 4 is 5.78 Å². The van der Waals surface area contributed by atoms with Crippen molar-refractivity contribution < 1.29 is 36.2 Å². The Balaban J connectivity index is 3.25. The van der Waals surface area contributed by atoms with Gasteiger partial charge in [-0.25, -0.2) is 0 Å². The molecule has 0 amide bonds. The standard InChI is InChI=1S/C10H7F5O3/c1-5(16)6-3-2-4-7(17-9(11)12)8(6)18-10(13,14)15/h2-4,9H,1H3. The van der Waals surface area contributed by atoms with Gasteiger partial charge in [0.2, 0.25) is 0 Å². The maximum Gasteiger partial charge on any atom is 0.573 e. The molecule has 0 saturated heterocycles. The van der Waals surface area contributed by atoms with Crippen LogP contribution in [0.2, 0.25) is 0 Å². The average Bonchev–Trinajstić information content (AvgIpc) is 2.17. The van der Waals surface area contributed by atoms with E-state index >= 15 is 0 Å². The van der Waals surface area contributed by atoms with Crippen LogP contribution in [0.25, 0.3) is 0 Å². The summed E-state index contributed by atoms with van der Waals surface area (Å²) in [5.41, 5.74) is -0.495. The second kappa shape index (κ2) is 5.19. The molecule has 0 fully saturated rings. The SMILES string of the molecule is CC(=O)c1cccc(OC(F)F)c1OC(F)(F)F. The molecule has 1 rings (SSSR count). The molecular weight excluding hydrogens is 263 g/mol. The van der Waals surface area contributed by atoms with Gasteiger partial charge in [-0.1, -0.05) is 6.07 Å². The first-order chi connectivity index (χ1) is 8.20. The third kappa shape index (κ3) is 3.86. The highest BCUT2D eigenvalue weighted by Gasteiger charge is 2.34. The number of ether oxygens (including phenoxy) is 2. The molecule has 0 heterocycles. The van der Waals surface area contributed by atoms with Crippen molar-refractivity contribution in [1.82, 2.24) is 0 Å². The molecule has 1 aromatic rings. The smallest absolute Gasteiger partial charge is 0.431 e. The first-order valence-electron chi connectivity index (χ1n) is 4.55. The molecule has 100 valence electrons. The van der Waals surface area contributed by atoms with Gasteiger partial charge in [0.1, 0.15) is 0 Å². The number of alkyl halides is 5. The van der Waals surface area contributed by atoms with E-state index in [9.17, 15) is 26.7 Å². The number of hydrogen-bond donors (Lipinski definition) is 0. The van der Waals surface area contributed by atoms with Crippen molar-refractivity contribution in [1.29, 1.82) is 0 Å². The third-order valence-corrected chi connectivity index (χ3v) is 1.79. The van der Waals surface area contributed by atoms with E-state index in [-0.39, 0.29) is 0 Å². The van der Waals surface area contributed by atoms with Crippen molar-refractivity contribution in [3.63, 3.8) is 0 Å². The molecule has 0 saturated carbocycles. The summed E-state index contributed by atoms with van der Waals surface area (Å²) in [6.07, 6.45) is -5.12. The van der Waals surface area contributed by atoms with Crippen LogP contribution in [0, 0.1) is 0 Å². The van der Waals surface area contributed by atoms with Crippen LogP contribution in [0.4, 0.5) is 22.0 Å². The molecule has 18 heavy (non-hydrogen) atoms. The second-order valence-electron chi connectivity index (χ2n) is 3.12. The molecular formula is C10H7F5O3. The van der Waals surface area contributed by atoms with Crippen molar-refractivity contribution in [2.45, 2.75) is 19.9 Å². The molecule has 0 spiro atoms. The first-order valence-corrected chi connectivity index (χ1v) is 4.55. The molecule has 1 aromatic carbocycles. The minimum absolute atomic E-state index is 0.495. The Morgan fingerprint density at radius 1 is 1.28 bits per heavy atom. The molecule has 0 aromatic heterocycles. The van der Waals surface area contributed by atoms with Gasteiger partial charge in [0.15, 0.2) is 17.3 Å². The van der Waals surface area contributed by atoms with Crippen molar-refractivity contribution in [2.75, 3.05) is 0 Å². The number of hydrogen-bond acceptors (Lipinski definition) is 3. The Hall–Kier alpha value is -1.86. The first kappa shape index (κ1) is 14.2. The Morgan fingerprint density at radius 3 is 2.33 bits per heavy atom. The number of para-hydroxylation sites is 1. The number of benzene rings is 1. The highest BCUT2D eigenvalue weighted by molar-refractivity contribution is 5.97. The van der Waals surface area contributed by atoms with E-state index in [0.717, 1.165) is 25.1 Å². The fourth-order valence-electron chi connectivity index (χ4n) is 1.20. The molecule has 0 aliphatic heterocycles. The van der Waals surface area contributed by atoms with E-state index in [1.165, 1.54) is 0 Å². The minimum atomic E-state index is -5.12. The number of carbonyl (C=O) groups excluding carboxylic acids is 1. The average molecular weight is 270 g/mol. The van der Waals surface area contributed by atoms with E-state index in [1.807, 2.05) is 0 Å². The molecule has 0 N–H and O–H groups in total. The van der Waals surface area contributed by atoms with Gasteiger partial charge in [0.25, 0.3) is 0 Å². The number of carbonyl (C=O) groups is 1. The molecule has 0 unspecified atom stereocenters. The van der Waals surface area contributed by atoms with E-state index in [2.05, 4.69) is 9.47 Å². The van der Waals surface area contributed by atoms with E-state index < -0.39 is 35.8 Å². The van der Waals surface area contributed by atoms with E-state index in [0.29, 0.717) is 0 Å². The van der Waals surface area contributed by atoms with E-state index in [4.69, 9.17) is 0 Å². The fourth-order valence-corrected chi connectivity index (χ4v) is 1.20. The monoisotopic (exact) mass is 270 g/mol. The lowest BCUT2D eigenvalue weighted by molar-refractivity contribution is -0.275. The minimum Gasteiger partial charge on any atom is -0.431 e. The molecule has 0 atom stereocenters. The number of ketones is 1. The van der Waals surface area contributed by atoms with Crippen LogP contribution in [0.5, 0.6) is 11.5 Å². The summed E-state index contributed by atoms with van der Waals surface area (Å²) >= 11 is 0. The Kier molecular flexibility index (Phi) is 4.10. The molecule has 0 aliphatic rings. The van der Waals surface area contributed by atoms with Gasteiger partial charge in [-0.2, -0.15) is 8.78 Å².